The van der Waals surface area contributed by atoms with Crippen LogP contribution in [0, 0.1) is 6.92 Å². The van der Waals surface area contributed by atoms with Crippen LogP contribution in [0.4, 0.5) is 11.4 Å². The normalized spacial score (nSPS) is 15.0. The van der Waals surface area contributed by atoms with Crippen molar-refractivity contribution in [3.8, 4) is 0 Å². The van der Waals surface area contributed by atoms with Gasteiger partial charge in [0, 0.05) is 37.3 Å². The van der Waals surface area contributed by atoms with Gasteiger partial charge in [-0.05, 0) is 49.9 Å². The van der Waals surface area contributed by atoms with Gasteiger partial charge in [0.25, 0.3) is 0 Å². The largest absolute Gasteiger partial charge is 0.326 e. The molecule has 0 saturated carbocycles. The van der Waals surface area contributed by atoms with Crippen molar-refractivity contribution in [3.63, 3.8) is 0 Å². The third-order valence-corrected chi connectivity index (χ3v) is 4.21. The minimum Gasteiger partial charge on any atom is -0.326 e. The van der Waals surface area contributed by atoms with Gasteiger partial charge in [0.15, 0.2) is 0 Å². The predicted molar refractivity (Wildman–Crippen MR) is 99.3 cm³/mol. The summed E-state index contributed by atoms with van der Waals surface area (Å²) in [5, 5.41) is 7.69. The summed E-state index contributed by atoms with van der Waals surface area (Å²) in [6.45, 7) is 6.22. The van der Waals surface area contributed by atoms with Gasteiger partial charge >= 0.3 is 0 Å². The van der Waals surface area contributed by atoms with E-state index in [0.717, 1.165) is 55.8 Å². The molecule has 0 aliphatic carbocycles. The maximum atomic E-state index is 12.1. The highest BCUT2D eigenvalue weighted by Crippen LogP contribution is 2.20. The van der Waals surface area contributed by atoms with Crippen LogP contribution >= 0.6 is 0 Å². The molecule has 1 aliphatic rings. The molecule has 6 heteroatoms. The number of hydroxylamine groups is 2. The number of unbranched alkanes of at least 4 members (excludes halogenated alkanes) is 1. The van der Waals surface area contributed by atoms with E-state index >= 15 is 0 Å². The van der Waals surface area contributed by atoms with Gasteiger partial charge in [-0.3, -0.25) is 14.4 Å². The van der Waals surface area contributed by atoms with Gasteiger partial charge in [0.1, 0.15) is 0 Å². The van der Waals surface area contributed by atoms with Gasteiger partial charge < -0.3 is 10.6 Å². The lowest BCUT2D eigenvalue weighted by Gasteiger charge is -2.25. The number of hydrogen-bond acceptors (Lipinski definition) is 4. The highest BCUT2D eigenvalue weighted by atomic mass is 16.7. The standard InChI is InChI=1S/C19H29N3O3/c1-3-4-7-18(23)21-17-9-8-16(14-15(17)2)20-19(24)10-12-22-11-5-6-13-25-22/h8-9,14H,3-7,10-13H2,1-2H3,(H,20,24)(H,21,23). The Morgan fingerprint density at radius 1 is 1.16 bits per heavy atom. The van der Waals surface area contributed by atoms with E-state index in [2.05, 4.69) is 17.6 Å². The van der Waals surface area contributed by atoms with E-state index < -0.39 is 0 Å². The Bertz CT molecular complexity index is 583. The number of amides is 2. The van der Waals surface area contributed by atoms with E-state index in [0.29, 0.717) is 19.4 Å². The second-order valence-corrected chi connectivity index (χ2v) is 6.45. The fourth-order valence-corrected chi connectivity index (χ4v) is 2.71. The first-order valence-corrected chi connectivity index (χ1v) is 9.16. The zero-order valence-electron chi connectivity index (χ0n) is 15.3. The maximum Gasteiger partial charge on any atom is 0.225 e. The van der Waals surface area contributed by atoms with Crippen molar-refractivity contribution in [2.45, 2.75) is 52.4 Å². The molecule has 1 aliphatic heterocycles. The van der Waals surface area contributed by atoms with Crippen LogP contribution in [0.2, 0.25) is 0 Å². The summed E-state index contributed by atoms with van der Waals surface area (Å²) in [5.74, 6) is -0.00317. The molecule has 1 aromatic carbocycles. The molecular weight excluding hydrogens is 318 g/mol. The molecule has 2 N–H and O–H groups in total. The van der Waals surface area contributed by atoms with Crippen LogP contribution in [-0.4, -0.2) is 36.6 Å². The number of carbonyl (C=O) groups is 2. The lowest BCUT2D eigenvalue weighted by molar-refractivity contribution is -0.181. The number of aryl methyl sites for hydroxylation is 1. The van der Waals surface area contributed by atoms with Crippen molar-refractivity contribution in [2.24, 2.45) is 0 Å². The van der Waals surface area contributed by atoms with Crippen molar-refractivity contribution < 1.29 is 14.4 Å². The maximum absolute atomic E-state index is 12.1. The first kappa shape index (κ1) is 19.4. The van der Waals surface area contributed by atoms with Crippen molar-refractivity contribution in [1.29, 1.82) is 0 Å². The van der Waals surface area contributed by atoms with Crippen LogP contribution in [0.5, 0.6) is 0 Å². The Morgan fingerprint density at radius 2 is 1.96 bits per heavy atom. The SMILES string of the molecule is CCCCC(=O)Nc1ccc(NC(=O)CCN2CCCCO2)cc1C. The van der Waals surface area contributed by atoms with Crippen molar-refractivity contribution in [1.82, 2.24) is 5.06 Å². The van der Waals surface area contributed by atoms with E-state index in [1.54, 1.807) is 0 Å². The number of rotatable bonds is 8. The highest BCUT2D eigenvalue weighted by molar-refractivity contribution is 5.93. The molecule has 1 heterocycles. The molecule has 0 atom stereocenters. The number of carbonyl (C=O) groups excluding carboxylic acids is 2. The summed E-state index contributed by atoms with van der Waals surface area (Å²) in [6.07, 6.45) is 5.02. The van der Waals surface area contributed by atoms with Crippen molar-refractivity contribution in [2.75, 3.05) is 30.3 Å². The number of benzene rings is 1. The minimum absolute atomic E-state index is 0.0308. The van der Waals surface area contributed by atoms with Crippen LogP contribution in [0.25, 0.3) is 0 Å². The lowest BCUT2D eigenvalue weighted by Crippen LogP contribution is -2.32. The van der Waals surface area contributed by atoms with Gasteiger partial charge in [0.05, 0.1) is 6.61 Å². The molecule has 0 spiro atoms. The third kappa shape index (κ3) is 6.84. The van der Waals surface area contributed by atoms with E-state index in [-0.39, 0.29) is 11.8 Å². The second kappa shape index (κ2) is 10.2. The minimum atomic E-state index is -0.0340. The van der Waals surface area contributed by atoms with Gasteiger partial charge in [-0.1, -0.05) is 13.3 Å². The number of anilines is 2. The van der Waals surface area contributed by atoms with E-state index in [9.17, 15) is 9.59 Å². The summed E-state index contributed by atoms with van der Waals surface area (Å²) < 4.78 is 0. The van der Waals surface area contributed by atoms with E-state index in [1.165, 1.54) is 0 Å². The zero-order chi connectivity index (χ0) is 18.1. The van der Waals surface area contributed by atoms with E-state index in [1.807, 2.05) is 30.2 Å². The summed E-state index contributed by atoms with van der Waals surface area (Å²) in [4.78, 5) is 29.4. The number of nitrogens with one attached hydrogen (secondary N) is 2. The second-order valence-electron chi connectivity index (χ2n) is 6.45. The topological polar surface area (TPSA) is 70.7 Å². The van der Waals surface area contributed by atoms with Crippen molar-refractivity contribution >= 4 is 23.2 Å². The fraction of sp³-hybridized carbons (Fsp3) is 0.579. The first-order valence-electron chi connectivity index (χ1n) is 9.16. The highest BCUT2D eigenvalue weighted by Gasteiger charge is 2.13. The Balaban J connectivity index is 1.80. The van der Waals surface area contributed by atoms with Gasteiger partial charge in [0.2, 0.25) is 11.8 Å². The van der Waals surface area contributed by atoms with Crippen molar-refractivity contribution in [3.05, 3.63) is 23.8 Å². The Morgan fingerprint density at radius 3 is 2.64 bits per heavy atom. The lowest BCUT2D eigenvalue weighted by atomic mass is 10.1. The summed E-state index contributed by atoms with van der Waals surface area (Å²) in [7, 11) is 0. The Labute approximate surface area is 149 Å². The Hall–Kier alpha value is -1.92. The molecule has 2 rings (SSSR count). The van der Waals surface area contributed by atoms with Crippen LogP contribution in [0.1, 0.15) is 51.0 Å². The average molecular weight is 347 g/mol. The summed E-state index contributed by atoms with van der Waals surface area (Å²) >= 11 is 0. The molecule has 1 saturated heterocycles. The molecule has 0 aromatic heterocycles. The fourth-order valence-electron chi connectivity index (χ4n) is 2.71. The van der Waals surface area contributed by atoms with Crippen LogP contribution in [-0.2, 0) is 14.4 Å². The average Bonchev–Trinajstić information content (AvgIpc) is 2.61. The first-order chi connectivity index (χ1) is 12.1. The number of hydrogen-bond donors (Lipinski definition) is 2. The smallest absolute Gasteiger partial charge is 0.225 e. The molecule has 0 bridgehead atoms. The number of nitrogens with zero attached hydrogens (tertiary/aromatic N) is 1. The quantitative estimate of drug-likeness (QED) is 0.755. The molecule has 1 aromatic rings. The molecule has 25 heavy (non-hydrogen) atoms. The predicted octanol–water partition coefficient (Wildman–Crippen LogP) is 3.48. The van der Waals surface area contributed by atoms with Gasteiger partial charge in [-0.2, -0.15) is 5.06 Å². The van der Waals surface area contributed by atoms with Gasteiger partial charge in [-0.25, -0.2) is 0 Å². The van der Waals surface area contributed by atoms with Crippen LogP contribution in [0.3, 0.4) is 0 Å². The monoisotopic (exact) mass is 347 g/mol. The molecule has 0 radical (unpaired) electrons. The summed E-state index contributed by atoms with van der Waals surface area (Å²) in [5.41, 5.74) is 2.47. The molecule has 6 nitrogen and oxygen atoms in total. The molecular formula is C19H29N3O3. The van der Waals surface area contributed by atoms with Gasteiger partial charge in [-0.15, -0.1) is 0 Å². The third-order valence-electron chi connectivity index (χ3n) is 4.21. The molecule has 0 unspecified atom stereocenters. The molecule has 2 amide bonds. The van der Waals surface area contributed by atoms with E-state index in [4.69, 9.17) is 4.84 Å². The molecule has 1 fully saturated rings. The van der Waals surface area contributed by atoms with Crippen LogP contribution in [0.15, 0.2) is 18.2 Å². The molecule has 138 valence electrons. The Kier molecular flexibility index (Phi) is 7.88. The van der Waals surface area contributed by atoms with Crippen LogP contribution < -0.4 is 10.6 Å². The summed E-state index contributed by atoms with van der Waals surface area (Å²) in [6, 6.07) is 5.53. The zero-order valence-corrected chi connectivity index (χ0v) is 15.3.